The van der Waals surface area contributed by atoms with Crippen LogP contribution in [-0.2, 0) is 13.7 Å². The Kier molecular flexibility index (Phi) is 15.3. The van der Waals surface area contributed by atoms with Crippen molar-refractivity contribution in [3.8, 4) is 0 Å². The van der Waals surface area contributed by atoms with Crippen molar-refractivity contribution in [1.29, 1.82) is 0 Å². The van der Waals surface area contributed by atoms with Crippen LogP contribution in [0, 0.1) is 0 Å². The van der Waals surface area contributed by atoms with Gasteiger partial charge in [-0.3, -0.25) is 0 Å². The van der Waals surface area contributed by atoms with Crippen molar-refractivity contribution >= 4 is 8.25 Å². The minimum Gasteiger partial charge on any atom is -1.00 e. The van der Waals surface area contributed by atoms with Crippen LogP contribution in [0.1, 0.15) is 14.8 Å². The predicted molar refractivity (Wildman–Crippen MR) is 43.1 cm³/mol. The van der Waals surface area contributed by atoms with Crippen LogP contribution in [0.3, 0.4) is 0 Å². The van der Waals surface area contributed by atoms with E-state index in [1.54, 1.807) is 0 Å². The summed E-state index contributed by atoms with van der Waals surface area (Å²) in [5.74, 6) is 0. The van der Waals surface area contributed by atoms with Gasteiger partial charge in [-0.15, -0.1) is 10.0 Å². The Balaban J connectivity index is -0.000000500. The van der Waals surface area contributed by atoms with Gasteiger partial charge in [0.1, 0.15) is 6.61 Å². The van der Waals surface area contributed by atoms with Crippen LogP contribution in [0.25, 0.3) is 0 Å². The molecule has 0 aliphatic heterocycles. The summed E-state index contributed by atoms with van der Waals surface area (Å²) in [4.78, 5) is 0. The molecule has 0 bridgehead atoms. The molecule has 0 rings (SSSR count). The van der Waals surface area contributed by atoms with Gasteiger partial charge in [0.2, 0.25) is 0 Å². The smallest absolute Gasteiger partial charge is 1.00 e. The number of rotatable bonds is 7. The first-order chi connectivity index (χ1) is 5.31. The molecule has 0 aromatic rings. The van der Waals surface area contributed by atoms with E-state index in [1.807, 2.05) is 6.92 Å². The summed E-state index contributed by atoms with van der Waals surface area (Å²) >= 11 is 0. The fourth-order valence-corrected chi connectivity index (χ4v) is 0.930. The van der Waals surface area contributed by atoms with E-state index in [0.717, 1.165) is 6.42 Å². The van der Waals surface area contributed by atoms with E-state index in [-0.39, 0.29) is 31.0 Å². The second-order valence-electron chi connectivity index (χ2n) is 1.83. The zero-order valence-electron chi connectivity index (χ0n) is 8.58. The first-order valence-electron chi connectivity index (χ1n) is 3.51. The summed E-state index contributed by atoms with van der Waals surface area (Å²) in [6, 6.07) is 0. The Hall–Kier alpha value is 0.940. The van der Waals surface area contributed by atoms with Crippen LogP contribution < -0.4 is 40.8 Å². The SMILES string of the molecule is CCCO[P+](=O)ONCCN.[H-].[Na+]. The summed E-state index contributed by atoms with van der Waals surface area (Å²) < 4.78 is 19.9. The van der Waals surface area contributed by atoms with E-state index in [9.17, 15) is 4.57 Å². The van der Waals surface area contributed by atoms with E-state index in [0.29, 0.717) is 19.7 Å². The van der Waals surface area contributed by atoms with Gasteiger partial charge in [0.25, 0.3) is 0 Å². The largest absolute Gasteiger partial charge is 1.00 e. The molecule has 0 fully saturated rings. The Labute approximate surface area is 97.0 Å². The number of nitrogens with two attached hydrogens (primary N) is 1. The van der Waals surface area contributed by atoms with Crippen LogP contribution in [0.15, 0.2) is 0 Å². The van der Waals surface area contributed by atoms with Crippen LogP contribution in [0.2, 0.25) is 0 Å². The fourth-order valence-electron chi connectivity index (χ4n) is 0.349. The molecule has 12 heavy (non-hydrogen) atoms. The molecule has 5 nitrogen and oxygen atoms in total. The van der Waals surface area contributed by atoms with E-state index >= 15 is 0 Å². The molecule has 0 heterocycles. The van der Waals surface area contributed by atoms with Crippen molar-refractivity contribution in [2.45, 2.75) is 13.3 Å². The number of hydrogen-bond donors (Lipinski definition) is 2. The van der Waals surface area contributed by atoms with Crippen molar-refractivity contribution in [3.63, 3.8) is 0 Å². The number of nitrogens with one attached hydrogen (secondary N) is 1. The number of hydrogen-bond acceptors (Lipinski definition) is 5. The van der Waals surface area contributed by atoms with E-state index < -0.39 is 8.25 Å². The Morgan fingerprint density at radius 1 is 1.67 bits per heavy atom. The van der Waals surface area contributed by atoms with Gasteiger partial charge in [-0.2, -0.15) is 0 Å². The molecule has 0 amide bonds. The van der Waals surface area contributed by atoms with Gasteiger partial charge in [-0.25, -0.2) is 0 Å². The summed E-state index contributed by atoms with van der Waals surface area (Å²) in [5, 5.41) is 0. The summed E-state index contributed by atoms with van der Waals surface area (Å²) in [6.45, 7) is 3.28. The minimum absolute atomic E-state index is 0. The van der Waals surface area contributed by atoms with Gasteiger partial charge >= 0.3 is 37.8 Å². The van der Waals surface area contributed by atoms with E-state index in [1.165, 1.54) is 0 Å². The maximum Gasteiger partial charge on any atom is 1.00 e. The Morgan fingerprint density at radius 3 is 2.83 bits per heavy atom. The normalized spacial score (nSPS) is 10.7. The zero-order chi connectivity index (χ0) is 8.53. The summed E-state index contributed by atoms with van der Waals surface area (Å²) in [5.41, 5.74) is 7.55. The van der Waals surface area contributed by atoms with Gasteiger partial charge in [0, 0.05) is 17.7 Å². The quantitative estimate of drug-likeness (QED) is 0.211. The molecule has 0 radical (unpaired) electrons. The molecule has 0 aromatic carbocycles. The van der Waals surface area contributed by atoms with Gasteiger partial charge < -0.3 is 7.16 Å². The topological polar surface area (TPSA) is 73.6 Å². The first kappa shape index (κ1) is 15.4. The fraction of sp³-hybridized carbons (Fsp3) is 1.00. The van der Waals surface area contributed by atoms with Gasteiger partial charge in [-0.1, -0.05) is 6.92 Å². The third-order valence-electron chi connectivity index (χ3n) is 0.786. The molecule has 0 aliphatic carbocycles. The van der Waals surface area contributed by atoms with Gasteiger partial charge in [0.15, 0.2) is 0 Å². The number of hydroxylamine groups is 1. The predicted octanol–water partition coefficient (Wildman–Crippen LogP) is -2.33. The molecule has 0 saturated carbocycles. The first-order valence-corrected chi connectivity index (χ1v) is 4.60. The van der Waals surface area contributed by atoms with Crippen molar-refractivity contribution in [2.75, 3.05) is 19.7 Å². The van der Waals surface area contributed by atoms with Crippen LogP contribution >= 0.6 is 8.25 Å². The molecule has 1 unspecified atom stereocenters. The monoisotopic (exact) mass is 205 g/mol. The molecular weight excluding hydrogens is 190 g/mol. The molecule has 1 atom stereocenters. The van der Waals surface area contributed by atoms with Crippen molar-refractivity contribution < 1.29 is 44.7 Å². The second-order valence-corrected chi connectivity index (χ2v) is 2.72. The molecule has 68 valence electrons. The Morgan fingerprint density at radius 2 is 2.33 bits per heavy atom. The van der Waals surface area contributed by atoms with Crippen LogP contribution in [0.5, 0.6) is 0 Å². The summed E-state index contributed by atoms with van der Waals surface area (Å²) in [7, 11) is -2.01. The summed E-state index contributed by atoms with van der Waals surface area (Å²) in [6.07, 6.45) is 0.821. The third kappa shape index (κ3) is 10.9. The second kappa shape index (κ2) is 11.9. The average Bonchev–Trinajstić information content (AvgIpc) is 2.01. The minimum atomic E-state index is -2.01. The van der Waals surface area contributed by atoms with Crippen molar-refractivity contribution in [2.24, 2.45) is 5.73 Å². The molecule has 0 aromatic heterocycles. The maximum absolute atomic E-state index is 10.7. The molecule has 0 saturated heterocycles. The molecule has 0 spiro atoms. The molecular formula is C5H15N2NaO3P+. The standard InChI is InChI=1S/C5H14N2O3P.Na.H/c1-2-5-9-11(8)10-7-4-3-6;;/h7H,2-6H2,1H3;;/q2*+1;-1. The van der Waals surface area contributed by atoms with Gasteiger partial charge in [-0.05, 0) is 11.0 Å². The van der Waals surface area contributed by atoms with Gasteiger partial charge in [0.05, 0.1) is 0 Å². The van der Waals surface area contributed by atoms with Crippen molar-refractivity contribution in [1.82, 2.24) is 5.48 Å². The zero-order valence-corrected chi connectivity index (χ0v) is 10.5. The molecule has 7 heteroatoms. The van der Waals surface area contributed by atoms with Crippen molar-refractivity contribution in [3.05, 3.63) is 0 Å². The Bertz CT molecular complexity index is 122. The third-order valence-corrected chi connectivity index (χ3v) is 1.46. The van der Waals surface area contributed by atoms with E-state index in [2.05, 4.69) is 10.1 Å². The molecule has 0 aliphatic rings. The maximum atomic E-state index is 10.7. The molecule has 3 N–H and O–H groups in total. The average molecular weight is 205 g/mol. The van der Waals surface area contributed by atoms with Crippen LogP contribution in [0.4, 0.5) is 0 Å². The van der Waals surface area contributed by atoms with E-state index in [4.69, 9.17) is 10.3 Å². The van der Waals surface area contributed by atoms with Crippen LogP contribution in [-0.4, -0.2) is 19.7 Å².